The summed E-state index contributed by atoms with van der Waals surface area (Å²) in [7, 11) is 1.92. The summed E-state index contributed by atoms with van der Waals surface area (Å²) in [6.07, 6.45) is 3.13. The van der Waals surface area contributed by atoms with E-state index in [-0.39, 0.29) is 5.92 Å². The van der Waals surface area contributed by atoms with Crippen LogP contribution in [0.25, 0.3) is 0 Å². The molecule has 0 bridgehead atoms. The Morgan fingerprint density at radius 1 is 1.45 bits per heavy atom. The molecule has 0 radical (unpaired) electrons. The molecule has 0 saturated heterocycles. The van der Waals surface area contributed by atoms with Crippen molar-refractivity contribution in [1.29, 1.82) is 0 Å². The lowest BCUT2D eigenvalue weighted by Crippen LogP contribution is -2.18. The molecule has 66 valence electrons. The van der Waals surface area contributed by atoms with E-state index in [1.807, 2.05) is 7.05 Å². The van der Waals surface area contributed by atoms with Crippen molar-refractivity contribution in [2.24, 2.45) is 5.92 Å². The zero-order valence-corrected chi connectivity index (χ0v) is 7.81. The second-order valence-electron chi connectivity index (χ2n) is 2.99. The third-order valence-corrected chi connectivity index (χ3v) is 1.95. The van der Waals surface area contributed by atoms with Gasteiger partial charge in [-0.2, -0.15) is 0 Å². The van der Waals surface area contributed by atoms with Gasteiger partial charge in [-0.25, -0.2) is 0 Å². The van der Waals surface area contributed by atoms with E-state index in [1.165, 1.54) is 0 Å². The summed E-state index contributed by atoms with van der Waals surface area (Å²) in [6, 6.07) is 0. The van der Waals surface area contributed by atoms with Crippen LogP contribution in [0, 0.1) is 5.92 Å². The Kier molecular flexibility index (Phi) is 6.13. The molecule has 2 nitrogen and oxygen atoms in total. The third-order valence-electron chi connectivity index (χ3n) is 1.95. The molecule has 0 fully saturated rings. The van der Waals surface area contributed by atoms with E-state index in [0.717, 1.165) is 25.8 Å². The van der Waals surface area contributed by atoms with Crippen LogP contribution in [0.15, 0.2) is 0 Å². The minimum Gasteiger partial charge on any atom is -0.320 e. The molecule has 2 heteroatoms. The van der Waals surface area contributed by atoms with E-state index in [1.54, 1.807) is 6.92 Å². The van der Waals surface area contributed by atoms with Gasteiger partial charge in [0.2, 0.25) is 0 Å². The number of Topliss-reactive ketones (excluding diaryl/α,β-unsaturated/α-hetero) is 1. The van der Waals surface area contributed by atoms with Gasteiger partial charge in [0.1, 0.15) is 5.78 Å². The van der Waals surface area contributed by atoms with Crippen molar-refractivity contribution in [2.45, 2.75) is 33.1 Å². The van der Waals surface area contributed by atoms with Crippen molar-refractivity contribution >= 4 is 5.78 Å². The first-order valence-electron chi connectivity index (χ1n) is 4.37. The van der Waals surface area contributed by atoms with Gasteiger partial charge in [-0.1, -0.05) is 13.3 Å². The summed E-state index contributed by atoms with van der Waals surface area (Å²) in [6.45, 7) is 4.76. The lowest BCUT2D eigenvalue weighted by Gasteiger charge is -2.11. The summed E-state index contributed by atoms with van der Waals surface area (Å²) < 4.78 is 0. The van der Waals surface area contributed by atoms with Crippen molar-refractivity contribution in [3.05, 3.63) is 0 Å². The van der Waals surface area contributed by atoms with Gasteiger partial charge in [-0.05, 0) is 33.4 Å². The number of ketones is 1. The van der Waals surface area contributed by atoms with Crippen LogP contribution in [0.3, 0.4) is 0 Å². The normalized spacial score (nSPS) is 13.0. The van der Waals surface area contributed by atoms with Crippen molar-refractivity contribution in [3.63, 3.8) is 0 Å². The predicted octanol–water partition coefficient (Wildman–Crippen LogP) is 1.60. The highest BCUT2D eigenvalue weighted by molar-refractivity contribution is 5.78. The molecule has 0 aromatic heterocycles. The maximum Gasteiger partial charge on any atom is 0.132 e. The fraction of sp³-hybridized carbons (Fsp3) is 0.889. The van der Waals surface area contributed by atoms with Crippen LogP contribution in [-0.4, -0.2) is 19.4 Å². The molecule has 0 heterocycles. The zero-order chi connectivity index (χ0) is 8.69. The van der Waals surface area contributed by atoms with Crippen molar-refractivity contribution < 1.29 is 4.79 Å². The fourth-order valence-electron chi connectivity index (χ4n) is 1.22. The van der Waals surface area contributed by atoms with E-state index >= 15 is 0 Å². The van der Waals surface area contributed by atoms with Gasteiger partial charge in [-0.3, -0.25) is 4.79 Å². The number of nitrogens with one attached hydrogen (secondary N) is 1. The van der Waals surface area contributed by atoms with Gasteiger partial charge in [0.15, 0.2) is 0 Å². The largest absolute Gasteiger partial charge is 0.320 e. The molecule has 0 rings (SSSR count). The molecule has 1 N–H and O–H groups in total. The standard InChI is InChI=1S/C9H19NO/c1-4-5-9(8(2)11)6-7-10-3/h9-10H,4-7H2,1-3H3. The molecule has 0 amide bonds. The maximum absolute atomic E-state index is 11.0. The van der Waals surface area contributed by atoms with Crippen LogP contribution in [0.4, 0.5) is 0 Å². The lowest BCUT2D eigenvalue weighted by molar-refractivity contribution is -0.121. The van der Waals surface area contributed by atoms with E-state index in [4.69, 9.17) is 0 Å². The molecule has 0 aliphatic carbocycles. The van der Waals surface area contributed by atoms with Gasteiger partial charge in [0.05, 0.1) is 0 Å². The van der Waals surface area contributed by atoms with Crippen molar-refractivity contribution in [1.82, 2.24) is 5.32 Å². The molecule has 0 aliphatic rings. The van der Waals surface area contributed by atoms with Crippen LogP contribution < -0.4 is 5.32 Å². The van der Waals surface area contributed by atoms with E-state index in [9.17, 15) is 4.79 Å². The monoisotopic (exact) mass is 157 g/mol. The van der Waals surface area contributed by atoms with Gasteiger partial charge in [0, 0.05) is 5.92 Å². The Morgan fingerprint density at radius 3 is 2.45 bits per heavy atom. The van der Waals surface area contributed by atoms with Gasteiger partial charge in [-0.15, -0.1) is 0 Å². The predicted molar refractivity (Wildman–Crippen MR) is 47.6 cm³/mol. The Morgan fingerprint density at radius 2 is 2.09 bits per heavy atom. The van der Waals surface area contributed by atoms with E-state index in [2.05, 4.69) is 12.2 Å². The Balaban J connectivity index is 3.60. The van der Waals surface area contributed by atoms with Gasteiger partial charge >= 0.3 is 0 Å². The number of hydrogen-bond acceptors (Lipinski definition) is 2. The highest BCUT2D eigenvalue weighted by Crippen LogP contribution is 2.11. The van der Waals surface area contributed by atoms with Crippen LogP contribution >= 0.6 is 0 Å². The Labute approximate surface area is 69.4 Å². The number of rotatable bonds is 6. The SMILES string of the molecule is CCCC(CCNC)C(C)=O. The first-order chi connectivity index (χ1) is 5.22. The first-order valence-corrected chi connectivity index (χ1v) is 4.37. The zero-order valence-electron chi connectivity index (χ0n) is 7.81. The van der Waals surface area contributed by atoms with Crippen molar-refractivity contribution in [3.8, 4) is 0 Å². The van der Waals surface area contributed by atoms with Gasteiger partial charge in [0.25, 0.3) is 0 Å². The minimum atomic E-state index is 0.285. The Bertz CT molecular complexity index is 112. The molecule has 1 unspecified atom stereocenters. The van der Waals surface area contributed by atoms with Crippen LogP contribution in [-0.2, 0) is 4.79 Å². The number of hydrogen-bond donors (Lipinski definition) is 1. The summed E-state index contributed by atoms with van der Waals surface area (Å²) in [5.41, 5.74) is 0. The van der Waals surface area contributed by atoms with Crippen LogP contribution in [0.2, 0.25) is 0 Å². The highest BCUT2D eigenvalue weighted by atomic mass is 16.1. The molecule has 0 saturated carbocycles. The third kappa shape index (κ3) is 4.96. The smallest absolute Gasteiger partial charge is 0.132 e. The molecule has 0 spiro atoms. The molecular weight excluding hydrogens is 138 g/mol. The van der Waals surface area contributed by atoms with Gasteiger partial charge < -0.3 is 5.32 Å². The maximum atomic E-state index is 11.0. The van der Waals surface area contributed by atoms with Crippen LogP contribution in [0.5, 0.6) is 0 Å². The average molecular weight is 157 g/mol. The summed E-state index contributed by atoms with van der Waals surface area (Å²) >= 11 is 0. The van der Waals surface area contributed by atoms with Crippen LogP contribution in [0.1, 0.15) is 33.1 Å². The molecule has 0 aliphatic heterocycles. The fourth-order valence-corrected chi connectivity index (χ4v) is 1.22. The minimum absolute atomic E-state index is 0.285. The van der Waals surface area contributed by atoms with Crippen molar-refractivity contribution in [2.75, 3.05) is 13.6 Å². The molecule has 1 atom stereocenters. The highest BCUT2D eigenvalue weighted by Gasteiger charge is 2.11. The number of carbonyl (C=O) groups is 1. The second kappa shape index (κ2) is 6.35. The lowest BCUT2D eigenvalue weighted by atomic mass is 9.96. The quantitative estimate of drug-likeness (QED) is 0.634. The molecule has 0 aromatic rings. The summed E-state index contributed by atoms with van der Waals surface area (Å²) in [5.74, 6) is 0.620. The average Bonchev–Trinajstić information content (AvgIpc) is 1.97. The number of carbonyl (C=O) groups excluding carboxylic acids is 1. The second-order valence-corrected chi connectivity index (χ2v) is 2.99. The van der Waals surface area contributed by atoms with E-state index < -0.39 is 0 Å². The first kappa shape index (κ1) is 10.6. The van der Waals surface area contributed by atoms with E-state index in [0.29, 0.717) is 5.78 Å². The molecule has 11 heavy (non-hydrogen) atoms. The molecule has 0 aromatic carbocycles. The molecular formula is C9H19NO. The topological polar surface area (TPSA) is 29.1 Å². The summed E-state index contributed by atoms with van der Waals surface area (Å²) in [5, 5.41) is 3.06. The Hall–Kier alpha value is -0.370. The summed E-state index contributed by atoms with van der Waals surface area (Å²) in [4.78, 5) is 11.0.